The van der Waals surface area contributed by atoms with Crippen LogP contribution in [-0.2, 0) is 11.0 Å². The number of carboxylic acids is 1. The number of aromatic amines is 1. The number of alkyl halides is 3. The van der Waals surface area contributed by atoms with Gasteiger partial charge in [0.15, 0.2) is 0 Å². The van der Waals surface area contributed by atoms with Crippen molar-refractivity contribution in [1.29, 1.82) is 0 Å². The second kappa shape index (κ2) is 6.64. The third-order valence-corrected chi connectivity index (χ3v) is 2.76. The molecule has 0 spiro atoms. The largest absolute Gasteiger partial charge is 0.481 e. The zero-order valence-corrected chi connectivity index (χ0v) is 12.3. The number of hydrogen-bond donors (Lipinski definition) is 3. The molecule has 0 bridgehead atoms. The first-order chi connectivity index (χ1) is 11.2. The second-order valence-electron chi connectivity index (χ2n) is 4.63. The number of aryl methyl sites for hydroxylation is 1. The van der Waals surface area contributed by atoms with E-state index in [2.05, 4.69) is 25.5 Å². The Balaban J connectivity index is 2.08. The van der Waals surface area contributed by atoms with Gasteiger partial charge in [0.1, 0.15) is 5.82 Å². The Bertz CT molecular complexity index is 752. The van der Waals surface area contributed by atoms with Gasteiger partial charge >= 0.3 is 12.1 Å². The molecule has 0 aliphatic rings. The molecule has 1 amide bonds. The lowest BCUT2D eigenvalue weighted by atomic mass is 10.3. The van der Waals surface area contributed by atoms with Gasteiger partial charge in [-0.1, -0.05) is 0 Å². The average molecular weight is 347 g/mol. The van der Waals surface area contributed by atoms with E-state index in [1.807, 2.05) is 0 Å². The standard InChI is InChI=1S/C11H12F3N7O3/c1-5-16-7(8(24)15-4-2-3-6(22)23)20-21(5)10-17-9(18-19-10)11(12,13)14/h2-4H2,1H3,(H,15,24)(H,22,23)(H,17,18,19). The van der Waals surface area contributed by atoms with Crippen molar-refractivity contribution in [3.05, 3.63) is 17.5 Å². The van der Waals surface area contributed by atoms with Crippen molar-refractivity contribution in [2.24, 2.45) is 0 Å². The number of carbonyl (C=O) groups is 2. The van der Waals surface area contributed by atoms with Gasteiger partial charge in [0.05, 0.1) is 0 Å². The summed E-state index contributed by atoms with van der Waals surface area (Å²) in [5, 5.41) is 19.8. The first-order valence-electron chi connectivity index (χ1n) is 6.62. The van der Waals surface area contributed by atoms with Gasteiger partial charge in [0, 0.05) is 13.0 Å². The van der Waals surface area contributed by atoms with Gasteiger partial charge in [-0.05, 0) is 13.3 Å². The van der Waals surface area contributed by atoms with Crippen LogP contribution < -0.4 is 5.32 Å². The van der Waals surface area contributed by atoms with Crippen LogP contribution in [0.1, 0.15) is 35.1 Å². The van der Waals surface area contributed by atoms with E-state index in [1.54, 1.807) is 5.10 Å². The molecule has 10 nitrogen and oxygen atoms in total. The van der Waals surface area contributed by atoms with Crippen LogP contribution in [0.15, 0.2) is 0 Å². The number of carbonyl (C=O) groups excluding carboxylic acids is 1. The molecule has 3 N–H and O–H groups in total. The SMILES string of the molecule is Cc1nc(C(=O)NCCCC(=O)O)nn1-c1n[nH]c(C(F)(F)F)n1. The zero-order valence-electron chi connectivity index (χ0n) is 12.3. The molecule has 0 saturated carbocycles. The van der Waals surface area contributed by atoms with Crippen molar-refractivity contribution < 1.29 is 27.9 Å². The number of nitrogens with one attached hydrogen (secondary N) is 2. The maximum absolute atomic E-state index is 12.5. The predicted molar refractivity (Wildman–Crippen MR) is 70.2 cm³/mol. The van der Waals surface area contributed by atoms with Gasteiger partial charge < -0.3 is 10.4 Å². The topological polar surface area (TPSA) is 139 Å². The van der Waals surface area contributed by atoms with Crippen molar-refractivity contribution in [2.75, 3.05) is 6.54 Å². The van der Waals surface area contributed by atoms with Gasteiger partial charge in [-0.3, -0.25) is 14.7 Å². The third-order valence-electron chi connectivity index (χ3n) is 2.76. The van der Waals surface area contributed by atoms with Crippen LogP contribution in [0.5, 0.6) is 0 Å². The lowest BCUT2D eigenvalue weighted by molar-refractivity contribution is -0.144. The summed E-state index contributed by atoms with van der Waals surface area (Å²) in [6, 6.07) is 0. The molecule has 0 atom stereocenters. The lowest BCUT2D eigenvalue weighted by Crippen LogP contribution is -2.26. The number of hydrogen-bond acceptors (Lipinski definition) is 6. The Morgan fingerprint density at radius 3 is 2.62 bits per heavy atom. The van der Waals surface area contributed by atoms with Crippen molar-refractivity contribution in [2.45, 2.75) is 25.9 Å². The molecule has 2 rings (SSSR count). The predicted octanol–water partition coefficient (Wildman–Crippen LogP) is 0.307. The number of carboxylic acid groups (broad SMARTS) is 1. The van der Waals surface area contributed by atoms with E-state index in [0.29, 0.717) is 0 Å². The molecule has 24 heavy (non-hydrogen) atoms. The molecule has 13 heteroatoms. The van der Waals surface area contributed by atoms with E-state index < -0.39 is 29.8 Å². The molecule has 0 saturated heterocycles. The molecule has 0 fully saturated rings. The summed E-state index contributed by atoms with van der Waals surface area (Å²) in [6.45, 7) is 1.51. The van der Waals surface area contributed by atoms with Crippen molar-refractivity contribution in [1.82, 2.24) is 35.3 Å². The summed E-state index contributed by atoms with van der Waals surface area (Å²) in [6.07, 6.45) is -4.58. The van der Waals surface area contributed by atoms with Gasteiger partial charge in [-0.15, -0.1) is 10.2 Å². The highest BCUT2D eigenvalue weighted by Crippen LogP contribution is 2.26. The Hall–Kier alpha value is -2.99. The summed E-state index contributed by atoms with van der Waals surface area (Å²) >= 11 is 0. The Morgan fingerprint density at radius 1 is 1.33 bits per heavy atom. The van der Waals surface area contributed by atoms with E-state index in [0.717, 1.165) is 4.68 Å². The van der Waals surface area contributed by atoms with E-state index in [4.69, 9.17) is 5.11 Å². The van der Waals surface area contributed by atoms with Gasteiger partial charge in [-0.25, -0.2) is 4.98 Å². The smallest absolute Gasteiger partial charge is 0.451 e. The first kappa shape index (κ1) is 17.4. The monoisotopic (exact) mass is 347 g/mol. The molecular formula is C11H12F3N7O3. The average Bonchev–Trinajstić information content (AvgIpc) is 3.09. The highest BCUT2D eigenvalue weighted by Gasteiger charge is 2.35. The van der Waals surface area contributed by atoms with E-state index >= 15 is 0 Å². The molecule has 2 heterocycles. The van der Waals surface area contributed by atoms with Crippen molar-refractivity contribution in [3.8, 4) is 5.95 Å². The van der Waals surface area contributed by atoms with Crippen LogP contribution in [0.4, 0.5) is 13.2 Å². The highest BCUT2D eigenvalue weighted by molar-refractivity contribution is 5.90. The minimum atomic E-state index is -4.69. The van der Waals surface area contributed by atoms with Crippen molar-refractivity contribution in [3.63, 3.8) is 0 Å². The molecule has 130 valence electrons. The summed E-state index contributed by atoms with van der Waals surface area (Å²) in [7, 11) is 0. The fraction of sp³-hybridized carbons (Fsp3) is 0.455. The van der Waals surface area contributed by atoms with E-state index in [-0.39, 0.29) is 31.0 Å². The number of nitrogens with zero attached hydrogens (tertiary/aromatic N) is 5. The Morgan fingerprint density at radius 2 is 2.04 bits per heavy atom. The molecule has 0 unspecified atom stereocenters. The van der Waals surface area contributed by atoms with Crippen LogP contribution in [-0.4, -0.2) is 53.5 Å². The third kappa shape index (κ3) is 4.05. The molecule has 2 aromatic rings. The van der Waals surface area contributed by atoms with Crippen LogP contribution in [0.2, 0.25) is 0 Å². The van der Waals surface area contributed by atoms with Crippen LogP contribution in [0, 0.1) is 6.92 Å². The quantitative estimate of drug-likeness (QED) is 0.639. The maximum atomic E-state index is 12.5. The van der Waals surface area contributed by atoms with Crippen molar-refractivity contribution >= 4 is 11.9 Å². The molecule has 0 aliphatic carbocycles. The van der Waals surface area contributed by atoms with Crippen LogP contribution >= 0.6 is 0 Å². The van der Waals surface area contributed by atoms with Gasteiger partial charge in [-0.2, -0.15) is 22.8 Å². The summed E-state index contributed by atoms with van der Waals surface area (Å²) in [5.41, 5.74) is 0. The van der Waals surface area contributed by atoms with Gasteiger partial charge in [0.2, 0.25) is 11.6 Å². The fourth-order valence-corrected chi connectivity index (χ4v) is 1.67. The summed E-state index contributed by atoms with van der Waals surface area (Å²) in [5.74, 6) is -3.56. The molecule has 2 aromatic heterocycles. The van der Waals surface area contributed by atoms with Gasteiger partial charge in [0.25, 0.3) is 11.9 Å². The fourth-order valence-electron chi connectivity index (χ4n) is 1.67. The number of aromatic nitrogens is 6. The lowest BCUT2D eigenvalue weighted by Gasteiger charge is -2.00. The zero-order chi connectivity index (χ0) is 17.9. The number of H-pyrrole nitrogens is 1. The number of rotatable bonds is 6. The second-order valence-corrected chi connectivity index (χ2v) is 4.63. The normalized spacial score (nSPS) is 11.5. The van der Waals surface area contributed by atoms with Crippen LogP contribution in [0.25, 0.3) is 5.95 Å². The number of aliphatic carboxylic acids is 1. The summed E-state index contributed by atoms with van der Waals surface area (Å²) in [4.78, 5) is 29.3. The molecular weight excluding hydrogens is 335 g/mol. The van der Waals surface area contributed by atoms with E-state index in [9.17, 15) is 22.8 Å². The molecule has 0 aliphatic heterocycles. The summed E-state index contributed by atoms with van der Waals surface area (Å²) < 4.78 is 38.4. The highest BCUT2D eigenvalue weighted by atomic mass is 19.4. The number of halogens is 3. The minimum absolute atomic E-state index is 0.0948. The maximum Gasteiger partial charge on any atom is 0.451 e. The molecule has 0 radical (unpaired) electrons. The first-order valence-corrected chi connectivity index (χ1v) is 6.62. The number of amides is 1. The Kier molecular flexibility index (Phi) is 4.80. The molecule has 0 aromatic carbocycles. The van der Waals surface area contributed by atoms with E-state index in [1.165, 1.54) is 6.92 Å². The Labute approximate surface area is 132 Å². The van der Waals surface area contributed by atoms with Crippen LogP contribution in [0.3, 0.4) is 0 Å². The minimum Gasteiger partial charge on any atom is -0.481 e.